The number of carbonyl (C=O) groups excluding carboxylic acids is 1. The van der Waals surface area contributed by atoms with E-state index in [0.29, 0.717) is 5.46 Å². The summed E-state index contributed by atoms with van der Waals surface area (Å²) in [4.78, 5) is 11.4. The number of carbonyl (C=O) groups is 1. The molecule has 4 nitrogen and oxygen atoms in total. The number of methoxy groups -OCH3 is 1. The molecular formula is C10H15BN2O2. The van der Waals surface area contributed by atoms with Crippen LogP contribution in [0.5, 0.6) is 0 Å². The van der Waals surface area contributed by atoms with Gasteiger partial charge in [-0.2, -0.15) is 5.10 Å². The molecule has 2 rings (SSSR count). The quantitative estimate of drug-likeness (QED) is 0.518. The Morgan fingerprint density at radius 1 is 1.60 bits per heavy atom. The maximum absolute atomic E-state index is 11.4. The van der Waals surface area contributed by atoms with Gasteiger partial charge in [-0.25, -0.2) is 4.79 Å². The zero-order valence-corrected chi connectivity index (χ0v) is 9.36. The molecule has 5 heteroatoms. The van der Waals surface area contributed by atoms with Gasteiger partial charge < -0.3 is 4.74 Å². The van der Waals surface area contributed by atoms with Crippen molar-refractivity contribution in [1.29, 1.82) is 0 Å². The van der Waals surface area contributed by atoms with Crippen LogP contribution in [0.4, 0.5) is 0 Å². The molecule has 1 aliphatic rings. The van der Waals surface area contributed by atoms with Crippen LogP contribution in [0.2, 0.25) is 0 Å². The van der Waals surface area contributed by atoms with Crippen molar-refractivity contribution in [2.75, 3.05) is 7.11 Å². The summed E-state index contributed by atoms with van der Waals surface area (Å²) in [5, 5.41) is 4.01. The van der Waals surface area contributed by atoms with Gasteiger partial charge >= 0.3 is 5.97 Å². The summed E-state index contributed by atoms with van der Waals surface area (Å²) in [6.07, 6.45) is 4.74. The number of ether oxygens (including phenoxy) is 1. The lowest BCUT2D eigenvalue weighted by molar-refractivity contribution is -0.146. The summed E-state index contributed by atoms with van der Waals surface area (Å²) in [5.74, 6) is -0.240. The van der Waals surface area contributed by atoms with Crippen molar-refractivity contribution < 1.29 is 9.53 Å². The predicted octanol–water partition coefficient (Wildman–Crippen LogP) is 0.365. The summed E-state index contributed by atoms with van der Waals surface area (Å²) in [6.45, 7) is 4.00. The van der Waals surface area contributed by atoms with E-state index in [4.69, 9.17) is 12.6 Å². The van der Waals surface area contributed by atoms with Crippen molar-refractivity contribution >= 4 is 19.3 Å². The lowest BCUT2D eigenvalue weighted by Crippen LogP contribution is -2.29. The molecule has 0 N–H and O–H groups in total. The molecule has 1 heterocycles. The Kier molecular flexibility index (Phi) is 3.55. The van der Waals surface area contributed by atoms with Crippen LogP contribution in [0.1, 0.15) is 26.7 Å². The molecule has 0 aliphatic heterocycles. The fourth-order valence-electron chi connectivity index (χ4n) is 1.41. The zero-order valence-electron chi connectivity index (χ0n) is 9.36. The number of hydrogen-bond donors (Lipinski definition) is 0. The minimum atomic E-state index is -0.563. The van der Waals surface area contributed by atoms with Crippen LogP contribution in [0.15, 0.2) is 12.4 Å². The van der Waals surface area contributed by atoms with Gasteiger partial charge in [-0.15, -0.1) is 0 Å². The molecule has 0 atom stereocenters. The molecule has 1 aliphatic carbocycles. The van der Waals surface area contributed by atoms with E-state index < -0.39 is 5.54 Å². The summed E-state index contributed by atoms with van der Waals surface area (Å²) >= 11 is 0. The third-order valence-corrected chi connectivity index (χ3v) is 2.33. The van der Waals surface area contributed by atoms with Gasteiger partial charge in [0.05, 0.1) is 7.11 Å². The molecule has 1 fully saturated rings. The summed E-state index contributed by atoms with van der Waals surface area (Å²) in [5.41, 5.74) is 0.00185. The molecule has 2 radical (unpaired) electrons. The van der Waals surface area contributed by atoms with E-state index in [9.17, 15) is 4.79 Å². The Morgan fingerprint density at radius 2 is 2.20 bits per heavy atom. The van der Waals surface area contributed by atoms with Gasteiger partial charge in [0.15, 0.2) is 5.54 Å². The lowest BCUT2D eigenvalue weighted by Gasteiger charge is -2.12. The number of aromatic nitrogens is 2. The first-order valence-corrected chi connectivity index (χ1v) is 5.08. The van der Waals surface area contributed by atoms with Crippen LogP contribution in [0.3, 0.4) is 0 Å². The Morgan fingerprint density at radius 3 is 2.53 bits per heavy atom. The Hall–Kier alpha value is -1.26. The van der Waals surface area contributed by atoms with Gasteiger partial charge in [-0.3, -0.25) is 4.68 Å². The highest BCUT2D eigenvalue weighted by atomic mass is 16.5. The highest BCUT2D eigenvalue weighted by Crippen LogP contribution is 2.43. The third kappa shape index (κ3) is 2.06. The van der Waals surface area contributed by atoms with Crippen LogP contribution in [-0.4, -0.2) is 30.7 Å². The molecule has 1 saturated carbocycles. The SMILES string of the molecule is CC.[B]c1cnn(C2(C(=O)OC)CC2)c1. The van der Waals surface area contributed by atoms with Crippen LogP contribution in [0, 0.1) is 0 Å². The molecule has 1 aromatic rings. The van der Waals surface area contributed by atoms with E-state index in [1.54, 1.807) is 10.9 Å². The number of rotatable bonds is 2. The second kappa shape index (κ2) is 4.51. The minimum Gasteiger partial charge on any atom is -0.467 e. The smallest absolute Gasteiger partial charge is 0.333 e. The first-order valence-electron chi connectivity index (χ1n) is 5.08. The summed E-state index contributed by atoms with van der Waals surface area (Å²) in [6, 6.07) is 0. The maximum atomic E-state index is 11.4. The van der Waals surface area contributed by atoms with Gasteiger partial charge in [0, 0.05) is 12.4 Å². The van der Waals surface area contributed by atoms with Gasteiger partial charge in [0.25, 0.3) is 0 Å². The maximum Gasteiger partial charge on any atom is 0.333 e. The lowest BCUT2D eigenvalue weighted by atomic mass is 10.0. The van der Waals surface area contributed by atoms with E-state index in [2.05, 4.69) is 5.10 Å². The Bertz CT molecular complexity index is 345. The van der Waals surface area contributed by atoms with Crippen molar-refractivity contribution in [3.63, 3.8) is 0 Å². The zero-order chi connectivity index (χ0) is 11.5. The second-order valence-electron chi connectivity index (χ2n) is 3.24. The van der Waals surface area contributed by atoms with E-state index in [1.807, 2.05) is 13.8 Å². The fourth-order valence-corrected chi connectivity index (χ4v) is 1.41. The first-order chi connectivity index (χ1) is 7.19. The first kappa shape index (κ1) is 11.8. The van der Waals surface area contributed by atoms with Crippen LogP contribution >= 0.6 is 0 Å². The number of esters is 1. The molecular weight excluding hydrogens is 191 g/mol. The molecule has 0 amide bonds. The van der Waals surface area contributed by atoms with Crippen LogP contribution in [0.25, 0.3) is 0 Å². The van der Waals surface area contributed by atoms with Crippen molar-refractivity contribution in [3.05, 3.63) is 12.4 Å². The predicted molar refractivity (Wildman–Crippen MR) is 58.2 cm³/mol. The molecule has 1 aromatic heterocycles. The van der Waals surface area contributed by atoms with Crippen molar-refractivity contribution in [2.45, 2.75) is 32.2 Å². The number of hydrogen-bond acceptors (Lipinski definition) is 3. The summed E-state index contributed by atoms with van der Waals surface area (Å²) in [7, 11) is 6.89. The normalized spacial score (nSPS) is 16.2. The topological polar surface area (TPSA) is 44.1 Å². The van der Waals surface area contributed by atoms with E-state index >= 15 is 0 Å². The molecule has 0 unspecified atom stereocenters. The Balaban J connectivity index is 0.000000531. The highest BCUT2D eigenvalue weighted by molar-refractivity contribution is 6.31. The largest absolute Gasteiger partial charge is 0.467 e. The van der Waals surface area contributed by atoms with E-state index in [-0.39, 0.29) is 5.97 Å². The molecule has 15 heavy (non-hydrogen) atoms. The van der Waals surface area contributed by atoms with Gasteiger partial charge in [-0.05, 0) is 12.8 Å². The average molecular weight is 206 g/mol. The molecule has 80 valence electrons. The van der Waals surface area contributed by atoms with Gasteiger partial charge in [0.2, 0.25) is 0 Å². The minimum absolute atomic E-state index is 0.240. The second-order valence-corrected chi connectivity index (χ2v) is 3.24. The fraction of sp³-hybridized carbons (Fsp3) is 0.600. The van der Waals surface area contributed by atoms with Crippen LogP contribution < -0.4 is 5.46 Å². The van der Waals surface area contributed by atoms with Crippen molar-refractivity contribution in [2.24, 2.45) is 0 Å². The van der Waals surface area contributed by atoms with Crippen molar-refractivity contribution in [1.82, 2.24) is 9.78 Å². The van der Waals surface area contributed by atoms with Gasteiger partial charge in [0.1, 0.15) is 7.85 Å². The van der Waals surface area contributed by atoms with Crippen molar-refractivity contribution in [3.8, 4) is 0 Å². The standard InChI is InChI=1S/C8H9BN2O2.C2H6/c1-13-7(12)8(2-3-8)11-5-6(9)4-10-11;1-2/h4-5H,2-3H2,1H3;1-2H3. The van der Waals surface area contributed by atoms with Gasteiger partial charge in [-0.1, -0.05) is 19.3 Å². The molecule has 0 aromatic carbocycles. The average Bonchev–Trinajstić information content (AvgIpc) is 2.98. The van der Waals surface area contributed by atoms with Crippen LogP contribution in [-0.2, 0) is 15.1 Å². The monoisotopic (exact) mass is 206 g/mol. The van der Waals surface area contributed by atoms with E-state index in [0.717, 1.165) is 12.8 Å². The highest BCUT2D eigenvalue weighted by Gasteiger charge is 2.53. The molecule has 0 spiro atoms. The Labute approximate surface area is 91.0 Å². The molecule has 0 saturated heterocycles. The van der Waals surface area contributed by atoms with E-state index in [1.165, 1.54) is 13.3 Å². The molecule has 0 bridgehead atoms. The summed E-state index contributed by atoms with van der Waals surface area (Å²) < 4.78 is 6.29. The third-order valence-electron chi connectivity index (χ3n) is 2.33. The number of nitrogens with zero attached hydrogens (tertiary/aromatic N) is 2.